The molecule has 28 atom stereocenters. The van der Waals surface area contributed by atoms with Crippen molar-refractivity contribution in [2.45, 2.75) is 303 Å². The largest absolute Gasteiger partial charge is 0.477 e. The Bertz CT molecular complexity index is 3800. The van der Waals surface area contributed by atoms with Crippen LogP contribution < -0.4 is 26.6 Å². The number of ether oxygens (including phenoxy) is 14. The molecule has 702 valence electrons. The number of nitrogens with one attached hydrogen (secondary N) is 5. The Morgan fingerprint density at radius 3 is 1.66 bits per heavy atom. The monoisotopic (exact) mass is 1800 g/mol. The van der Waals surface area contributed by atoms with Crippen LogP contribution in [0.2, 0.25) is 0 Å². The highest BCUT2D eigenvalue weighted by atomic mass is 31.2. The van der Waals surface area contributed by atoms with Gasteiger partial charge in [0.15, 0.2) is 37.4 Å². The molecule has 20 N–H and O–H groups in total. The number of aliphatic hydroxyl groups is 12. The van der Waals surface area contributed by atoms with E-state index in [4.69, 9.17) is 70.8 Å². The van der Waals surface area contributed by atoms with E-state index in [1.165, 1.54) is 38.6 Å². The standard InChI is InChI=1S/C74H115N8O41P/c1-7-37(112-50(94)9-3)25-48(92)78-55-65(118-52(96)11-5)59(100)44(34-111-70-56(79-49(93)26-38(8-2)113-51(95)10-4)67(119-53(97)12-6)64(43(33-86)115-70)123-124(106,107)108)117-69(55)109-22-20-75-45(89)18-19-46(90)76-28-36-29-82(81-80-36)21-23-110-71-61(102)60(101)63(42(32-85)116-71)120-72-62(103)68(58(99)41(31-84)114-72)122-74(73(104)105)27-39(87)54(66(121-74)57(98)40(88)30-83)77-47(91)24-35-16-14-13-15-17-35/h13-17,29,37-44,54-72,83-88,98-103H,7-12,18-28,30-34H2,1-6H3,(H,75,89)(H,76,90)(H,77,91)(H,78,92)(H,79,93)(H,104,105)(H2,106,107,108)/t37-,38-,39-,40-,41?,42?,43?,44?,54-,55+,56?,57-,58+,59-,60?,61+,62+,63-,64-,65?,66?,67-,68?,69-,70-,71-,72+,74+/m1/s1. The average Bonchev–Trinajstić information content (AvgIpc) is 0.883. The fourth-order valence-corrected chi connectivity index (χ4v) is 14.3. The van der Waals surface area contributed by atoms with E-state index in [1.807, 2.05) is 0 Å². The van der Waals surface area contributed by atoms with Gasteiger partial charge in [0.1, 0.15) is 122 Å². The van der Waals surface area contributed by atoms with Crippen molar-refractivity contribution in [2.24, 2.45) is 0 Å². The molecule has 0 saturated carbocycles. The van der Waals surface area contributed by atoms with Gasteiger partial charge in [0.25, 0.3) is 5.79 Å². The fraction of sp³-hybridized carbons (Fsp3) is 0.757. The zero-order valence-electron chi connectivity index (χ0n) is 68.7. The van der Waals surface area contributed by atoms with E-state index in [9.17, 15) is 129 Å². The number of carboxylic acid groups (broad SMARTS) is 1. The van der Waals surface area contributed by atoms with Crippen LogP contribution in [0, 0.1) is 0 Å². The minimum absolute atomic E-state index is 0.0297. The summed E-state index contributed by atoms with van der Waals surface area (Å²) in [6, 6.07) is 3.09. The van der Waals surface area contributed by atoms with Crippen LogP contribution in [0.4, 0.5) is 0 Å². The first kappa shape index (κ1) is 103. The number of carboxylic acids is 1. The fourth-order valence-electron chi connectivity index (χ4n) is 13.7. The third-order valence-corrected chi connectivity index (χ3v) is 20.9. The second-order valence-corrected chi connectivity index (χ2v) is 30.6. The Balaban J connectivity index is 0.942. The van der Waals surface area contributed by atoms with E-state index in [0.29, 0.717) is 5.56 Å². The van der Waals surface area contributed by atoms with Gasteiger partial charge in [0, 0.05) is 51.5 Å². The lowest BCUT2D eigenvalue weighted by molar-refractivity contribution is -0.386. The van der Waals surface area contributed by atoms with Gasteiger partial charge < -0.3 is 169 Å². The Hall–Kier alpha value is -7.71. The number of aromatic nitrogens is 3. The number of aliphatic hydroxyl groups excluding tert-OH is 12. The minimum atomic E-state index is -5.53. The summed E-state index contributed by atoms with van der Waals surface area (Å²) in [7, 11) is -5.53. The first-order chi connectivity index (χ1) is 58.9. The van der Waals surface area contributed by atoms with E-state index in [2.05, 4.69) is 36.9 Å². The topological polar surface area (TPSA) is 721 Å². The van der Waals surface area contributed by atoms with Gasteiger partial charge in [-0.3, -0.25) is 47.7 Å². The number of esters is 4. The third-order valence-electron chi connectivity index (χ3n) is 20.4. The van der Waals surface area contributed by atoms with Crippen LogP contribution in [0.1, 0.15) is 123 Å². The Kier molecular flexibility index (Phi) is 41.3. The van der Waals surface area contributed by atoms with Crippen molar-refractivity contribution in [3.05, 3.63) is 47.8 Å². The van der Waals surface area contributed by atoms with Crippen LogP contribution in [0.15, 0.2) is 36.5 Å². The highest BCUT2D eigenvalue weighted by Gasteiger charge is 2.61. The molecule has 1 aromatic heterocycles. The molecule has 50 heteroatoms. The van der Waals surface area contributed by atoms with E-state index >= 15 is 0 Å². The number of carbonyl (C=O) groups excluding carboxylic acids is 9. The molecule has 6 heterocycles. The van der Waals surface area contributed by atoms with Crippen molar-refractivity contribution in [1.29, 1.82) is 0 Å². The molecule has 2 aromatic rings. The molecule has 5 amide bonds. The summed E-state index contributed by atoms with van der Waals surface area (Å²) in [4.78, 5) is 151. The summed E-state index contributed by atoms with van der Waals surface area (Å²) in [5, 5.41) is 163. The molecular formula is C74H115N8O41P. The number of rotatable bonds is 48. The normalized spacial score (nSPS) is 31.1. The Labute approximate surface area is 709 Å². The van der Waals surface area contributed by atoms with Crippen molar-refractivity contribution in [3.8, 4) is 0 Å². The molecule has 0 spiro atoms. The second kappa shape index (κ2) is 49.6. The molecule has 5 aliphatic heterocycles. The van der Waals surface area contributed by atoms with Crippen molar-refractivity contribution >= 4 is 67.2 Å². The molecule has 1 aromatic carbocycles. The van der Waals surface area contributed by atoms with Gasteiger partial charge in [-0.1, -0.05) is 77.1 Å². The molecule has 5 aliphatic rings. The summed E-state index contributed by atoms with van der Waals surface area (Å²) in [6.07, 6.45) is -47.4. The van der Waals surface area contributed by atoms with E-state index in [0.717, 1.165) is 0 Å². The molecule has 9 unspecified atom stereocenters. The van der Waals surface area contributed by atoms with Crippen molar-refractivity contribution < 1.29 is 200 Å². The van der Waals surface area contributed by atoms with Crippen LogP contribution in [0.5, 0.6) is 0 Å². The molecule has 5 fully saturated rings. The highest BCUT2D eigenvalue weighted by molar-refractivity contribution is 7.46. The number of hydrogen-bond acceptors (Lipinski definition) is 40. The molecule has 0 radical (unpaired) electrons. The zero-order valence-corrected chi connectivity index (χ0v) is 69.6. The van der Waals surface area contributed by atoms with Crippen molar-refractivity contribution in [3.63, 3.8) is 0 Å². The maximum atomic E-state index is 13.9. The average molecular weight is 1800 g/mol. The zero-order chi connectivity index (χ0) is 91.4. The minimum Gasteiger partial charge on any atom is -0.477 e. The first-order valence-electron chi connectivity index (χ1n) is 40.4. The van der Waals surface area contributed by atoms with E-state index < -0.39 is 304 Å². The summed E-state index contributed by atoms with van der Waals surface area (Å²) >= 11 is 0. The highest BCUT2D eigenvalue weighted by Crippen LogP contribution is 2.44. The van der Waals surface area contributed by atoms with Gasteiger partial charge >= 0.3 is 37.7 Å². The van der Waals surface area contributed by atoms with Crippen molar-refractivity contribution in [1.82, 2.24) is 41.6 Å². The maximum Gasteiger partial charge on any atom is 0.470 e. The maximum absolute atomic E-state index is 13.9. The van der Waals surface area contributed by atoms with Crippen LogP contribution in [0.25, 0.3) is 0 Å². The number of benzene rings is 1. The SMILES string of the molecule is CCC(=O)OC1[C@H](O)C(CO[C@@H]2OC(CO)[C@@H](OP(=O)(O)O)[C@H](OC(=O)CC)C2NC(=O)C[C@@H](CC)OC(=O)CC)O[C@@H](OCCNC(=O)CCC(=O)NCc2cn(CCO[C@@H]3OC(CO)[C@@H](O[C@@H]4OC(CO)[C@H](O)C(O[C@]5(C(=O)O)C[C@@H](O)[C@@H](NC(=O)Cc6ccccc6)C([C@H](O)[C@H](O)CO)O5)[C@@H]4O)C(O)[C@@H]3O)nn2)[C@H]1NC(=O)C[C@@H](CC)OC(=O)CC. The lowest BCUT2D eigenvalue weighted by Gasteiger charge is -2.50. The van der Waals surface area contributed by atoms with Gasteiger partial charge in [0.05, 0.1) is 96.9 Å². The molecule has 49 nitrogen and oxygen atoms in total. The third kappa shape index (κ3) is 29.4. The van der Waals surface area contributed by atoms with Crippen molar-refractivity contribution in [2.75, 3.05) is 52.8 Å². The number of nitrogens with zero attached hydrogens (tertiary/aromatic N) is 3. The Morgan fingerprint density at radius 2 is 1.10 bits per heavy atom. The molecular weight excluding hydrogens is 1690 g/mol. The number of phosphoric ester groups is 1. The molecule has 7 rings (SSSR count). The van der Waals surface area contributed by atoms with E-state index in [1.54, 1.807) is 44.2 Å². The first-order valence-corrected chi connectivity index (χ1v) is 41.9. The molecule has 5 saturated heterocycles. The van der Waals surface area contributed by atoms with Crippen LogP contribution in [-0.2, 0) is 143 Å². The predicted molar refractivity (Wildman–Crippen MR) is 406 cm³/mol. The van der Waals surface area contributed by atoms with Crippen LogP contribution in [0.3, 0.4) is 0 Å². The predicted octanol–water partition coefficient (Wildman–Crippen LogP) is -8.00. The number of phosphoric acid groups is 1. The smallest absolute Gasteiger partial charge is 0.470 e. The van der Waals surface area contributed by atoms with Crippen LogP contribution >= 0.6 is 7.82 Å². The molecule has 0 aliphatic carbocycles. The lowest BCUT2D eigenvalue weighted by atomic mass is 9.88. The number of carbonyl (C=O) groups is 10. The summed E-state index contributed by atoms with van der Waals surface area (Å²) in [5.41, 5.74) is 0.698. The number of amides is 5. The van der Waals surface area contributed by atoms with Gasteiger partial charge in [-0.15, -0.1) is 5.10 Å². The number of aliphatic carboxylic acids is 1. The van der Waals surface area contributed by atoms with Gasteiger partial charge in [-0.25, -0.2) is 14.0 Å². The van der Waals surface area contributed by atoms with Gasteiger partial charge in [-0.05, 0) is 18.4 Å². The molecule has 124 heavy (non-hydrogen) atoms. The lowest BCUT2D eigenvalue weighted by Crippen LogP contribution is -2.71. The second-order valence-electron chi connectivity index (χ2n) is 29.5. The van der Waals surface area contributed by atoms with Gasteiger partial charge in [0.2, 0.25) is 29.5 Å². The Morgan fingerprint density at radius 1 is 0.573 bits per heavy atom. The summed E-state index contributed by atoms with van der Waals surface area (Å²) < 4.78 is 99.4. The summed E-state index contributed by atoms with van der Waals surface area (Å²) in [6.45, 7) is 2.45. The molecule has 0 bridgehead atoms. The van der Waals surface area contributed by atoms with Crippen LogP contribution in [-0.4, -0.2) is 374 Å². The quantitative estimate of drug-likeness (QED) is 0.0127. The number of hydrogen-bond donors (Lipinski definition) is 20. The van der Waals surface area contributed by atoms with Gasteiger partial charge in [-0.2, -0.15) is 0 Å². The summed E-state index contributed by atoms with van der Waals surface area (Å²) in [5.74, 6) is -12.2. The van der Waals surface area contributed by atoms with E-state index in [-0.39, 0.29) is 83.3 Å².